The molecule has 0 amide bonds. The van der Waals surface area contributed by atoms with E-state index in [4.69, 9.17) is 14.2 Å². The second-order valence-corrected chi connectivity index (χ2v) is 6.58. The zero-order chi connectivity index (χ0) is 17.6. The number of hydrogen-bond donors (Lipinski definition) is 0. The van der Waals surface area contributed by atoms with E-state index in [-0.39, 0.29) is 12.1 Å². The van der Waals surface area contributed by atoms with E-state index < -0.39 is 0 Å². The van der Waals surface area contributed by atoms with Crippen molar-refractivity contribution in [3.05, 3.63) is 30.1 Å². The molecular weight excluding hydrogens is 342 g/mol. The Balaban J connectivity index is 1.56. The average Bonchev–Trinajstić information content (AvgIpc) is 2.99. The van der Waals surface area contributed by atoms with Crippen LogP contribution < -0.4 is 9.47 Å². The van der Waals surface area contributed by atoms with Gasteiger partial charge in [0, 0.05) is 19.2 Å². The molecular formula is C17H21N3O4S. The van der Waals surface area contributed by atoms with Gasteiger partial charge in [-0.3, -0.25) is 4.79 Å². The van der Waals surface area contributed by atoms with Crippen LogP contribution in [0, 0.1) is 0 Å². The third kappa shape index (κ3) is 4.25. The third-order valence-electron chi connectivity index (χ3n) is 3.73. The third-order valence-corrected chi connectivity index (χ3v) is 4.83. The summed E-state index contributed by atoms with van der Waals surface area (Å²) in [5.41, 5.74) is 0. The Labute approximate surface area is 150 Å². The summed E-state index contributed by atoms with van der Waals surface area (Å²) in [5.74, 6) is 2.80. The number of thioether (sulfide) groups is 1. The first-order valence-corrected chi connectivity index (χ1v) is 9.23. The van der Waals surface area contributed by atoms with Crippen LogP contribution in [0.5, 0.6) is 11.5 Å². The van der Waals surface area contributed by atoms with E-state index in [1.54, 1.807) is 11.8 Å². The van der Waals surface area contributed by atoms with Crippen molar-refractivity contribution in [2.24, 2.45) is 7.05 Å². The van der Waals surface area contributed by atoms with E-state index in [9.17, 15) is 4.79 Å². The molecule has 134 valence electrons. The minimum Gasteiger partial charge on any atom is -0.485 e. The molecule has 1 unspecified atom stereocenters. The Morgan fingerprint density at radius 3 is 2.96 bits per heavy atom. The maximum absolute atomic E-state index is 11.3. The first-order chi connectivity index (χ1) is 12.2. The molecule has 1 aromatic heterocycles. The summed E-state index contributed by atoms with van der Waals surface area (Å²) in [6.45, 7) is 2.63. The fraction of sp³-hybridized carbons (Fsp3) is 0.471. The molecule has 7 nitrogen and oxygen atoms in total. The van der Waals surface area contributed by atoms with E-state index in [1.807, 2.05) is 42.8 Å². The number of carbonyl (C=O) groups is 1. The molecule has 2 heterocycles. The summed E-state index contributed by atoms with van der Waals surface area (Å²) in [5, 5.41) is 9.27. The predicted molar refractivity (Wildman–Crippen MR) is 92.9 cm³/mol. The van der Waals surface area contributed by atoms with Gasteiger partial charge in [-0.15, -0.1) is 10.2 Å². The largest absolute Gasteiger partial charge is 0.485 e. The Morgan fingerprint density at radius 1 is 1.36 bits per heavy atom. The highest BCUT2D eigenvalue weighted by Gasteiger charge is 2.27. The molecule has 0 bridgehead atoms. The number of esters is 1. The van der Waals surface area contributed by atoms with Crippen LogP contribution in [0.15, 0.2) is 29.4 Å². The van der Waals surface area contributed by atoms with Crippen molar-refractivity contribution in [3.63, 3.8) is 0 Å². The molecule has 8 heteroatoms. The van der Waals surface area contributed by atoms with Crippen LogP contribution in [-0.4, -0.2) is 39.7 Å². The zero-order valence-corrected chi connectivity index (χ0v) is 15.1. The monoisotopic (exact) mass is 363 g/mol. The molecule has 0 N–H and O–H groups in total. The van der Waals surface area contributed by atoms with Crippen molar-refractivity contribution in [1.29, 1.82) is 0 Å². The van der Waals surface area contributed by atoms with E-state index in [0.717, 1.165) is 28.9 Å². The maximum atomic E-state index is 11.3. The number of nitrogens with zero attached hydrogens (tertiary/aromatic N) is 3. The number of fused-ring (bicyclic) bond motifs is 1. The SMILES string of the molecule is CCOC(=O)CCCSc1nnc(C2COc3ccccc3O2)n1C. The van der Waals surface area contributed by atoms with Gasteiger partial charge in [0.25, 0.3) is 0 Å². The Morgan fingerprint density at radius 2 is 2.16 bits per heavy atom. The van der Waals surface area contributed by atoms with Crippen LogP contribution in [0.25, 0.3) is 0 Å². The first-order valence-electron chi connectivity index (χ1n) is 8.25. The highest BCUT2D eigenvalue weighted by Crippen LogP contribution is 2.35. The minimum atomic E-state index is -0.290. The standard InChI is InChI=1S/C17H21N3O4S/c1-3-22-15(21)9-6-10-25-17-19-18-16(20(17)2)14-11-23-12-7-4-5-8-13(12)24-14/h4-5,7-8,14H,3,6,9-11H2,1-2H3. The van der Waals surface area contributed by atoms with Gasteiger partial charge < -0.3 is 18.8 Å². The second-order valence-electron chi connectivity index (χ2n) is 5.52. The number of aromatic nitrogens is 3. The summed E-state index contributed by atoms with van der Waals surface area (Å²) in [6.07, 6.45) is 0.866. The maximum Gasteiger partial charge on any atom is 0.305 e. The molecule has 1 atom stereocenters. The van der Waals surface area contributed by atoms with Crippen LogP contribution in [0.2, 0.25) is 0 Å². The fourth-order valence-corrected chi connectivity index (χ4v) is 3.35. The Hall–Kier alpha value is -2.22. The summed E-state index contributed by atoms with van der Waals surface area (Å²) < 4.78 is 18.5. The molecule has 0 saturated heterocycles. The average molecular weight is 363 g/mol. The van der Waals surface area contributed by atoms with Crippen molar-refractivity contribution >= 4 is 17.7 Å². The smallest absolute Gasteiger partial charge is 0.305 e. The van der Waals surface area contributed by atoms with E-state index in [2.05, 4.69) is 10.2 Å². The lowest BCUT2D eigenvalue weighted by Gasteiger charge is -2.25. The normalized spacial score (nSPS) is 15.8. The molecule has 1 aliphatic rings. The van der Waals surface area contributed by atoms with E-state index >= 15 is 0 Å². The summed E-state index contributed by atoms with van der Waals surface area (Å²) in [7, 11) is 1.91. The molecule has 0 spiro atoms. The van der Waals surface area contributed by atoms with Gasteiger partial charge in [-0.05, 0) is 25.5 Å². The lowest BCUT2D eigenvalue weighted by Crippen LogP contribution is -2.24. The van der Waals surface area contributed by atoms with Crippen molar-refractivity contribution in [1.82, 2.24) is 14.8 Å². The second kappa shape index (κ2) is 8.24. The number of hydrogen-bond acceptors (Lipinski definition) is 7. The lowest BCUT2D eigenvalue weighted by atomic mass is 10.2. The van der Waals surface area contributed by atoms with Gasteiger partial charge in [0.1, 0.15) is 6.61 Å². The molecule has 3 rings (SSSR count). The lowest BCUT2D eigenvalue weighted by molar-refractivity contribution is -0.143. The van der Waals surface area contributed by atoms with Crippen molar-refractivity contribution in [2.75, 3.05) is 19.0 Å². The van der Waals surface area contributed by atoms with E-state index in [1.165, 1.54) is 0 Å². The quantitative estimate of drug-likeness (QED) is 0.425. The van der Waals surface area contributed by atoms with Crippen LogP contribution in [0.4, 0.5) is 0 Å². The van der Waals surface area contributed by atoms with Crippen LogP contribution in [0.3, 0.4) is 0 Å². The molecule has 1 aliphatic heterocycles. The van der Waals surface area contributed by atoms with Gasteiger partial charge in [0.2, 0.25) is 0 Å². The molecule has 0 aliphatic carbocycles. The fourth-order valence-electron chi connectivity index (χ4n) is 2.49. The molecule has 1 aromatic carbocycles. The van der Waals surface area contributed by atoms with Gasteiger partial charge >= 0.3 is 5.97 Å². The minimum absolute atomic E-state index is 0.159. The number of ether oxygens (including phenoxy) is 3. The number of para-hydroxylation sites is 2. The van der Waals surface area contributed by atoms with Gasteiger partial charge in [-0.25, -0.2) is 0 Å². The Bertz CT molecular complexity index is 734. The van der Waals surface area contributed by atoms with Crippen molar-refractivity contribution in [2.45, 2.75) is 31.0 Å². The summed E-state index contributed by atoms with van der Waals surface area (Å²) >= 11 is 1.56. The van der Waals surface area contributed by atoms with Crippen molar-refractivity contribution in [3.8, 4) is 11.5 Å². The van der Waals surface area contributed by atoms with Gasteiger partial charge in [-0.2, -0.15) is 0 Å². The number of rotatable bonds is 7. The number of carbonyl (C=O) groups excluding carboxylic acids is 1. The summed E-state index contributed by atoms with van der Waals surface area (Å²) in [4.78, 5) is 11.3. The molecule has 2 aromatic rings. The van der Waals surface area contributed by atoms with E-state index in [0.29, 0.717) is 25.4 Å². The van der Waals surface area contributed by atoms with Gasteiger partial charge in [0.05, 0.1) is 6.61 Å². The van der Waals surface area contributed by atoms with Crippen LogP contribution in [0.1, 0.15) is 31.7 Å². The zero-order valence-electron chi connectivity index (χ0n) is 14.3. The highest BCUT2D eigenvalue weighted by molar-refractivity contribution is 7.99. The highest BCUT2D eigenvalue weighted by atomic mass is 32.2. The van der Waals surface area contributed by atoms with Gasteiger partial charge in [-0.1, -0.05) is 23.9 Å². The topological polar surface area (TPSA) is 75.5 Å². The molecule has 0 saturated carbocycles. The predicted octanol–water partition coefficient (Wildman–Crippen LogP) is 2.76. The van der Waals surface area contributed by atoms with Crippen LogP contribution >= 0.6 is 11.8 Å². The van der Waals surface area contributed by atoms with Crippen molar-refractivity contribution < 1.29 is 19.0 Å². The molecule has 25 heavy (non-hydrogen) atoms. The van der Waals surface area contributed by atoms with Gasteiger partial charge in [0.15, 0.2) is 28.6 Å². The number of benzene rings is 1. The molecule has 0 fully saturated rings. The first kappa shape index (κ1) is 17.6. The molecule has 0 radical (unpaired) electrons. The Kier molecular flexibility index (Phi) is 5.80. The van der Waals surface area contributed by atoms with Crippen LogP contribution in [-0.2, 0) is 16.6 Å². The summed E-state index contributed by atoms with van der Waals surface area (Å²) in [6, 6.07) is 7.58.